The van der Waals surface area contributed by atoms with Crippen molar-refractivity contribution in [1.82, 2.24) is 19.0 Å². The number of cyclic esters (lactones) is 1. The van der Waals surface area contributed by atoms with Gasteiger partial charge in [0.15, 0.2) is 0 Å². The maximum atomic E-state index is 14.5. The van der Waals surface area contributed by atoms with Gasteiger partial charge in [0.2, 0.25) is 0 Å². The zero-order valence-electron chi connectivity index (χ0n) is 24.9. The number of nitrogens with one attached hydrogen (secondary N) is 1. The molecule has 1 unspecified atom stereocenters. The molecule has 0 spiro atoms. The standard InChI is InChI=1S/C34H34N4O6/c1-4-43-31(40)17-28(22-10-6-5-7-11-22)38-29-15-23(33(41)35-25-16-30(39)44-20-25)13-14-26(29)37(34(38)42)19-24-18-36(3)27-12-8-9-21(2)32(24)27/h5-15,18,25,28H,4,16-17,19-20H2,1-3H3,(H,35,41)/t25?,28-/m1/s1. The number of carbonyl (C=O) groups excluding carboxylic acids is 3. The molecule has 3 heterocycles. The molecule has 1 saturated heterocycles. The van der Waals surface area contributed by atoms with E-state index in [-0.39, 0.29) is 43.6 Å². The first-order chi connectivity index (χ1) is 21.2. The van der Waals surface area contributed by atoms with Gasteiger partial charge >= 0.3 is 17.6 Å². The van der Waals surface area contributed by atoms with Crippen molar-refractivity contribution in [3.63, 3.8) is 0 Å². The average Bonchev–Trinajstić information content (AvgIpc) is 3.65. The number of amides is 1. The monoisotopic (exact) mass is 594 g/mol. The Morgan fingerprint density at radius 3 is 2.55 bits per heavy atom. The largest absolute Gasteiger partial charge is 0.466 e. The quantitative estimate of drug-likeness (QED) is 0.256. The van der Waals surface area contributed by atoms with E-state index in [1.165, 1.54) is 0 Å². The molecule has 0 radical (unpaired) electrons. The molecule has 0 bridgehead atoms. The molecular weight excluding hydrogens is 560 g/mol. The van der Waals surface area contributed by atoms with Crippen LogP contribution in [0.15, 0.2) is 77.7 Å². The molecule has 5 aromatic rings. The third-order valence-electron chi connectivity index (χ3n) is 8.21. The molecule has 44 heavy (non-hydrogen) atoms. The number of hydrogen-bond donors (Lipinski definition) is 1. The molecule has 1 aliphatic heterocycles. The normalized spacial score (nSPS) is 15.4. The number of esters is 2. The molecule has 6 rings (SSSR count). The lowest BCUT2D eigenvalue weighted by Gasteiger charge is -2.19. The molecule has 226 valence electrons. The second kappa shape index (κ2) is 11.9. The molecule has 1 aliphatic rings. The molecule has 10 heteroatoms. The number of aryl methyl sites for hydroxylation is 2. The van der Waals surface area contributed by atoms with Gasteiger partial charge in [-0.05, 0) is 54.8 Å². The Balaban J connectivity index is 1.52. The molecule has 10 nitrogen and oxygen atoms in total. The van der Waals surface area contributed by atoms with Crippen molar-refractivity contribution >= 4 is 39.8 Å². The first kappa shape index (κ1) is 29.0. The fourth-order valence-corrected chi connectivity index (χ4v) is 6.18. The van der Waals surface area contributed by atoms with Crippen LogP contribution >= 0.6 is 0 Å². The smallest absolute Gasteiger partial charge is 0.330 e. The number of hydrogen-bond acceptors (Lipinski definition) is 6. The predicted octanol–water partition coefficient (Wildman–Crippen LogP) is 4.24. The van der Waals surface area contributed by atoms with E-state index in [0.717, 1.165) is 27.6 Å². The summed E-state index contributed by atoms with van der Waals surface area (Å²) in [6.45, 7) is 4.42. The van der Waals surface area contributed by atoms with Crippen molar-refractivity contribution in [3.8, 4) is 0 Å². The number of ether oxygens (including phenoxy) is 2. The molecule has 1 fully saturated rings. The molecular formula is C34H34N4O6. The highest BCUT2D eigenvalue weighted by atomic mass is 16.5. The van der Waals surface area contributed by atoms with Crippen LogP contribution in [-0.4, -0.2) is 50.8 Å². The van der Waals surface area contributed by atoms with E-state index in [1.807, 2.05) is 49.6 Å². The fourth-order valence-electron chi connectivity index (χ4n) is 6.18. The number of nitrogens with zero attached hydrogens (tertiary/aromatic N) is 3. The van der Waals surface area contributed by atoms with Crippen molar-refractivity contribution < 1.29 is 23.9 Å². The summed E-state index contributed by atoms with van der Waals surface area (Å²) >= 11 is 0. The van der Waals surface area contributed by atoms with Crippen molar-refractivity contribution in [2.45, 2.75) is 45.3 Å². The lowest BCUT2D eigenvalue weighted by atomic mass is 10.0. The number of imidazole rings is 1. The topological polar surface area (TPSA) is 114 Å². The zero-order chi connectivity index (χ0) is 31.0. The Kier molecular flexibility index (Phi) is 7.82. The first-order valence-electron chi connectivity index (χ1n) is 14.7. The van der Waals surface area contributed by atoms with Crippen molar-refractivity contribution in [2.75, 3.05) is 13.2 Å². The maximum Gasteiger partial charge on any atom is 0.330 e. The van der Waals surface area contributed by atoms with Crippen LogP contribution in [0.4, 0.5) is 0 Å². The highest BCUT2D eigenvalue weighted by Crippen LogP contribution is 2.30. The van der Waals surface area contributed by atoms with Crippen LogP contribution in [0.2, 0.25) is 0 Å². The van der Waals surface area contributed by atoms with E-state index in [4.69, 9.17) is 9.47 Å². The Hall–Kier alpha value is -5.12. The van der Waals surface area contributed by atoms with Gasteiger partial charge in [0.25, 0.3) is 5.91 Å². The minimum Gasteiger partial charge on any atom is -0.466 e. The van der Waals surface area contributed by atoms with Crippen LogP contribution < -0.4 is 11.0 Å². The van der Waals surface area contributed by atoms with Gasteiger partial charge in [-0.2, -0.15) is 0 Å². The summed E-state index contributed by atoms with van der Waals surface area (Å²) in [5.41, 5.74) is 5.07. The summed E-state index contributed by atoms with van der Waals surface area (Å²) in [6.07, 6.45) is 2.07. The van der Waals surface area contributed by atoms with Crippen LogP contribution in [0.1, 0.15) is 52.9 Å². The summed E-state index contributed by atoms with van der Waals surface area (Å²) in [5.74, 6) is -1.17. The van der Waals surface area contributed by atoms with Crippen LogP contribution in [-0.2, 0) is 32.7 Å². The highest BCUT2D eigenvalue weighted by molar-refractivity contribution is 5.98. The Morgan fingerprint density at radius 2 is 1.82 bits per heavy atom. The minimum atomic E-state index is -0.681. The van der Waals surface area contributed by atoms with Gasteiger partial charge < -0.3 is 19.4 Å². The van der Waals surface area contributed by atoms with E-state index in [1.54, 1.807) is 34.3 Å². The van der Waals surface area contributed by atoms with E-state index in [0.29, 0.717) is 23.1 Å². The molecule has 3 aromatic carbocycles. The van der Waals surface area contributed by atoms with Gasteiger partial charge in [0.05, 0.1) is 49.1 Å². The first-order valence-corrected chi connectivity index (χ1v) is 14.7. The van der Waals surface area contributed by atoms with Crippen LogP contribution in [0.3, 0.4) is 0 Å². The van der Waals surface area contributed by atoms with Gasteiger partial charge in [-0.1, -0.05) is 42.5 Å². The summed E-state index contributed by atoms with van der Waals surface area (Å²) in [6, 6.07) is 19.5. The Morgan fingerprint density at radius 1 is 1.02 bits per heavy atom. The second-order valence-electron chi connectivity index (χ2n) is 11.2. The van der Waals surface area contributed by atoms with Crippen LogP contribution in [0.25, 0.3) is 21.9 Å². The van der Waals surface area contributed by atoms with E-state index >= 15 is 0 Å². The maximum absolute atomic E-state index is 14.5. The Labute approximate surface area is 253 Å². The number of fused-ring (bicyclic) bond motifs is 2. The molecule has 1 N–H and O–H groups in total. The second-order valence-corrected chi connectivity index (χ2v) is 11.2. The van der Waals surface area contributed by atoms with Crippen molar-refractivity contribution in [2.24, 2.45) is 7.05 Å². The number of aromatic nitrogens is 3. The van der Waals surface area contributed by atoms with Gasteiger partial charge in [-0.25, -0.2) is 4.79 Å². The molecule has 2 aromatic heterocycles. The summed E-state index contributed by atoms with van der Waals surface area (Å²) in [4.78, 5) is 52.2. The lowest BCUT2D eigenvalue weighted by molar-refractivity contribution is -0.143. The van der Waals surface area contributed by atoms with Crippen LogP contribution in [0, 0.1) is 6.92 Å². The number of carbonyl (C=O) groups is 3. The molecule has 1 amide bonds. The zero-order valence-corrected chi connectivity index (χ0v) is 24.9. The van der Waals surface area contributed by atoms with E-state index in [2.05, 4.69) is 28.9 Å². The van der Waals surface area contributed by atoms with Crippen molar-refractivity contribution in [1.29, 1.82) is 0 Å². The number of rotatable bonds is 9. The summed E-state index contributed by atoms with van der Waals surface area (Å²) < 4.78 is 15.7. The molecule has 2 atom stereocenters. The predicted molar refractivity (Wildman–Crippen MR) is 166 cm³/mol. The van der Waals surface area contributed by atoms with Gasteiger partial charge in [-0.3, -0.25) is 23.5 Å². The SMILES string of the molecule is CCOC(=O)C[C@H](c1ccccc1)n1c(=O)n(Cc2cn(C)c3cccc(C)c23)c2ccc(C(=O)NC3COC(=O)C3)cc21. The highest BCUT2D eigenvalue weighted by Gasteiger charge is 2.28. The van der Waals surface area contributed by atoms with Crippen LogP contribution in [0.5, 0.6) is 0 Å². The summed E-state index contributed by atoms with van der Waals surface area (Å²) in [7, 11) is 1.98. The third kappa shape index (κ3) is 5.39. The number of benzene rings is 3. The Bertz CT molecular complexity index is 1950. The fraction of sp³-hybridized carbons (Fsp3) is 0.294. The lowest BCUT2D eigenvalue weighted by Crippen LogP contribution is -2.35. The van der Waals surface area contributed by atoms with Gasteiger partial charge in [0, 0.05) is 29.7 Å². The molecule has 0 aliphatic carbocycles. The van der Waals surface area contributed by atoms with E-state index in [9.17, 15) is 19.2 Å². The van der Waals surface area contributed by atoms with Gasteiger partial charge in [0.1, 0.15) is 6.61 Å². The van der Waals surface area contributed by atoms with Crippen molar-refractivity contribution in [3.05, 3.63) is 106 Å². The summed E-state index contributed by atoms with van der Waals surface area (Å²) in [5, 5.41) is 3.94. The average molecular weight is 595 g/mol. The minimum absolute atomic E-state index is 0.0673. The molecule has 0 saturated carbocycles. The van der Waals surface area contributed by atoms with Gasteiger partial charge in [-0.15, -0.1) is 0 Å². The third-order valence-corrected chi connectivity index (χ3v) is 8.21. The van der Waals surface area contributed by atoms with E-state index < -0.39 is 18.1 Å².